The van der Waals surface area contributed by atoms with Crippen molar-refractivity contribution in [3.05, 3.63) is 53.5 Å². The highest BCUT2D eigenvalue weighted by molar-refractivity contribution is 6.04. The topological polar surface area (TPSA) is 79.5 Å². The Morgan fingerprint density at radius 2 is 2.04 bits per heavy atom. The van der Waals surface area contributed by atoms with Gasteiger partial charge in [0.2, 0.25) is 0 Å². The molecule has 128 valence electrons. The average molecular weight is 344 g/mol. The molecule has 1 aliphatic rings. The summed E-state index contributed by atoms with van der Waals surface area (Å²) >= 11 is 0. The number of para-hydroxylation sites is 2. The van der Waals surface area contributed by atoms with Gasteiger partial charge in [0.25, 0.3) is 12.3 Å². The summed E-state index contributed by atoms with van der Waals surface area (Å²) in [5, 5.41) is 16.2. The molecule has 8 heteroatoms. The molecule has 0 saturated heterocycles. The number of benzene rings is 1. The number of carbonyl (C=O) groups is 1. The maximum atomic E-state index is 13.3. The second-order valence-corrected chi connectivity index (χ2v) is 5.95. The first kappa shape index (κ1) is 15.5. The van der Waals surface area contributed by atoms with Gasteiger partial charge in [0, 0.05) is 17.7 Å². The molecule has 2 N–H and O–H groups in total. The zero-order valence-corrected chi connectivity index (χ0v) is 13.0. The largest absolute Gasteiger partial charge is 0.506 e. The van der Waals surface area contributed by atoms with Crippen LogP contribution in [-0.4, -0.2) is 25.6 Å². The minimum atomic E-state index is -2.73. The molecule has 0 spiro atoms. The van der Waals surface area contributed by atoms with E-state index in [0.29, 0.717) is 5.69 Å². The number of hydrogen-bond donors (Lipinski definition) is 2. The Bertz CT molecular complexity index is 966. The third-order valence-corrected chi connectivity index (χ3v) is 4.08. The van der Waals surface area contributed by atoms with Crippen LogP contribution in [0.5, 0.6) is 5.75 Å². The molecule has 0 unspecified atom stereocenters. The Labute approximate surface area is 141 Å². The predicted molar refractivity (Wildman–Crippen MR) is 86.0 cm³/mol. The van der Waals surface area contributed by atoms with E-state index in [9.17, 15) is 18.7 Å². The Kier molecular flexibility index (Phi) is 3.60. The lowest BCUT2D eigenvalue weighted by Gasteiger charge is -2.06. The van der Waals surface area contributed by atoms with Crippen molar-refractivity contribution in [2.75, 3.05) is 5.32 Å². The summed E-state index contributed by atoms with van der Waals surface area (Å²) in [7, 11) is 0. The molecular formula is C17H14F2N4O2. The molecule has 0 radical (unpaired) electrons. The van der Waals surface area contributed by atoms with Crippen LogP contribution in [0.1, 0.15) is 47.1 Å². The van der Waals surface area contributed by atoms with Gasteiger partial charge in [0.1, 0.15) is 11.4 Å². The molecule has 3 aromatic rings. The molecule has 1 aromatic carbocycles. The van der Waals surface area contributed by atoms with Crippen LogP contribution in [0.25, 0.3) is 5.65 Å². The highest BCUT2D eigenvalue weighted by atomic mass is 19.3. The van der Waals surface area contributed by atoms with E-state index in [-0.39, 0.29) is 34.4 Å². The number of carbonyl (C=O) groups excluding carboxylic acids is 1. The van der Waals surface area contributed by atoms with Crippen LogP contribution in [0.15, 0.2) is 36.4 Å². The van der Waals surface area contributed by atoms with Gasteiger partial charge in [-0.15, -0.1) is 0 Å². The van der Waals surface area contributed by atoms with Crippen molar-refractivity contribution in [3.8, 4) is 5.75 Å². The number of anilines is 1. The number of phenols is 1. The second kappa shape index (κ2) is 5.80. The second-order valence-electron chi connectivity index (χ2n) is 5.95. The van der Waals surface area contributed by atoms with Crippen LogP contribution in [0, 0.1) is 0 Å². The van der Waals surface area contributed by atoms with Crippen LogP contribution in [-0.2, 0) is 0 Å². The zero-order chi connectivity index (χ0) is 17.6. The van der Waals surface area contributed by atoms with E-state index in [0.717, 1.165) is 17.4 Å². The number of fused-ring (bicyclic) bond motifs is 1. The van der Waals surface area contributed by atoms with E-state index in [1.165, 1.54) is 24.3 Å². The van der Waals surface area contributed by atoms with Crippen molar-refractivity contribution >= 4 is 17.2 Å². The molecule has 2 heterocycles. The summed E-state index contributed by atoms with van der Waals surface area (Å²) in [6.45, 7) is 0. The first-order chi connectivity index (χ1) is 12.0. The molecule has 2 aromatic heterocycles. The van der Waals surface area contributed by atoms with Gasteiger partial charge in [-0.05, 0) is 31.0 Å². The van der Waals surface area contributed by atoms with Crippen LogP contribution >= 0.6 is 0 Å². The minimum Gasteiger partial charge on any atom is -0.506 e. The number of halogens is 2. The van der Waals surface area contributed by atoms with E-state index < -0.39 is 12.3 Å². The number of amides is 1. The minimum absolute atomic E-state index is 0.0504. The predicted octanol–water partition coefficient (Wildman–Crippen LogP) is 3.50. The lowest BCUT2D eigenvalue weighted by Crippen LogP contribution is -2.13. The molecule has 1 aliphatic carbocycles. The van der Waals surface area contributed by atoms with Crippen molar-refractivity contribution in [1.29, 1.82) is 0 Å². The standard InChI is InChI=1S/C17H14F2N4O2/c18-16(19)13-7-11(9-5-6-9)20-15-8-12(22-23(13)15)17(25)21-10-3-1-2-4-14(10)24/h1-4,7-9,16,24H,5-6H2,(H,21,25). The first-order valence-electron chi connectivity index (χ1n) is 7.81. The van der Waals surface area contributed by atoms with Gasteiger partial charge < -0.3 is 10.4 Å². The number of rotatable bonds is 4. The molecule has 1 amide bonds. The highest BCUT2D eigenvalue weighted by Crippen LogP contribution is 2.40. The summed E-state index contributed by atoms with van der Waals surface area (Å²) in [5.41, 5.74) is 0.696. The summed E-state index contributed by atoms with van der Waals surface area (Å²) in [5.74, 6) is -0.502. The molecule has 6 nitrogen and oxygen atoms in total. The lowest BCUT2D eigenvalue weighted by molar-refractivity contribution is 0.102. The molecule has 25 heavy (non-hydrogen) atoms. The SMILES string of the molecule is O=C(Nc1ccccc1O)c1cc2nc(C3CC3)cc(C(F)F)n2n1. The van der Waals surface area contributed by atoms with E-state index in [2.05, 4.69) is 15.4 Å². The monoisotopic (exact) mass is 344 g/mol. The van der Waals surface area contributed by atoms with Crippen molar-refractivity contribution in [2.45, 2.75) is 25.2 Å². The zero-order valence-electron chi connectivity index (χ0n) is 13.0. The van der Waals surface area contributed by atoms with Crippen LogP contribution in [0.2, 0.25) is 0 Å². The third-order valence-electron chi connectivity index (χ3n) is 4.08. The molecule has 1 saturated carbocycles. The van der Waals surface area contributed by atoms with Crippen molar-refractivity contribution in [2.24, 2.45) is 0 Å². The fourth-order valence-corrected chi connectivity index (χ4v) is 2.64. The van der Waals surface area contributed by atoms with Crippen molar-refractivity contribution < 1.29 is 18.7 Å². The van der Waals surface area contributed by atoms with Crippen LogP contribution < -0.4 is 5.32 Å². The van der Waals surface area contributed by atoms with Gasteiger partial charge in [0.15, 0.2) is 11.3 Å². The van der Waals surface area contributed by atoms with E-state index in [1.54, 1.807) is 12.1 Å². The molecule has 0 atom stereocenters. The van der Waals surface area contributed by atoms with E-state index in [4.69, 9.17) is 0 Å². The molecular weight excluding hydrogens is 330 g/mol. The molecule has 0 aliphatic heterocycles. The van der Waals surface area contributed by atoms with Gasteiger partial charge in [-0.2, -0.15) is 5.10 Å². The summed E-state index contributed by atoms with van der Waals surface area (Å²) < 4.78 is 27.7. The molecule has 4 rings (SSSR count). The first-order valence-corrected chi connectivity index (χ1v) is 7.81. The Morgan fingerprint density at radius 1 is 1.28 bits per heavy atom. The highest BCUT2D eigenvalue weighted by Gasteiger charge is 2.28. The summed E-state index contributed by atoms with van der Waals surface area (Å²) in [4.78, 5) is 16.7. The molecule has 0 bridgehead atoms. The number of aromatic hydroxyl groups is 1. The number of hydrogen-bond acceptors (Lipinski definition) is 4. The fourth-order valence-electron chi connectivity index (χ4n) is 2.64. The van der Waals surface area contributed by atoms with Gasteiger partial charge in [-0.3, -0.25) is 4.79 Å². The third kappa shape index (κ3) is 2.90. The van der Waals surface area contributed by atoms with Crippen molar-refractivity contribution in [1.82, 2.24) is 14.6 Å². The fraction of sp³-hybridized carbons (Fsp3) is 0.235. The maximum Gasteiger partial charge on any atom is 0.280 e. The number of nitrogens with zero attached hydrogens (tertiary/aromatic N) is 3. The lowest BCUT2D eigenvalue weighted by atomic mass is 10.2. The van der Waals surface area contributed by atoms with Crippen LogP contribution in [0.4, 0.5) is 14.5 Å². The van der Waals surface area contributed by atoms with Gasteiger partial charge in [-0.1, -0.05) is 12.1 Å². The van der Waals surface area contributed by atoms with E-state index in [1.807, 2.05) is 0 Å². The Morgan fingerprint density at radius 3 is 2.72 bits per heavy atom. The van der Waals surface area contributed by atoms with Crippen LogP contribution in [0.3, 0.4) is 0 Å². The number of nitrogens with one attached hydrogen (secondary N) is 1. The van der Waals surface area contributed by atoms with Gasteiger partial charge in [0.05, 0.1) is 5.69 Å². The normalized spacial score (nSPS) is 14.2. The Hall–Kier alpha value is -3.03. The maximum absolute atomic E-state index is 13.3. The van der Waals surface area contributed by atoms with Gasteiger partial charge >= 0.3 is 0 Å². The summed E-state index contributed by atoms with van der Waals surface area (Å²) in [6.07, 6.45) is -0.863. The van der Waals surface area contributed by atoms with Crippen molar-refractivity contribution in [3.63, 3.8) is 0 Å². The quantitative estimate of drug-likeness (QED) is 0.710. The number of phenolic OH excluding ortho intramolecular Hbond substituents is 1. The summed E-state index contributed by atoms with van der Waals surface area (Å²) in [6, 6.07) is 8.94. The van der Waals surface area contributed by atoms with Gasteiger partial charge in [-0.25, -0.2) is 18.3 Å². The smallest absolute Gasteiger partial charge is 0.280 e. The number of alkyl halides is 2. The molecule has 1 fully saturated rings. The van der Waals surface area contributed by atoms with E-state index >= 15 is 0 Å². The Balaban J connectivity index is 1.72. The number of aromatic nitrogens is 3. The average Bonchev–Trinajstić information content (AvgIpc) is 3.34.